The number of ether oxygens (including phenoxy) is 2. The van der Waals surface area contributed by atoms with Crippen LogP contribution in [0.4, 0.5) is 0 Å². The third-order valence-electron chi connectivity index (χ3n) is 3.69. The van der Waals surface area contributed by atoms with Crippen LogP contribution in [0.1, 0.15) is 21.5 Å². The number of hydrogen-bond donors (Lipinski definition) is 1. The van der Waals surface area contributed by atoms with Crippen LogP contribution in [0.5, 0.6) is 11.5 Å². The van der Waals surface area contributed by atoms with Crippen LogP contribution in [-0.4, -0.2) is 11.1 Å². The molecule has 0 aliphatic carbocycles. The van der Waals surface area contributed by atoms with Crippen molar-refractivity contribution in [1.29, 1.82) is 0 Å². The zero-order valence-corrected chi connectivity index (χ0v) is 13.6. The second-order valence-corrected chi connectivity index (χ2v) is 5.48. The molecule has 0 fully saturated rings. The Labute approximate surface area is 146 Å². The molecule has 0 spiro atoms. The van der Waals surface area contributed by atoms with Gasteiger partial charge in [0.2, 0.25) is 0 Å². The Bertz CT molecular complexity index is 843. The highest BCUT2D eigenvalue weighted by Gasteiger charge is 2.14. The van der Waals surface area contributed by atoms with E-state index in [1.165, 1.54) is 0 Å². The fraction of sp³-hybridized carbons (Fsp3) is 0.0952. The second kappa shape index (κ2) is 8.02. The van der Waals surface area contributed by atoms with Gasteiger partial charge in [-0.15, -0.1) is 0 Å². The quantitative estimate of drug-likeness (QED) is 0.682. The number of benzene rings is 3. The zero-order chi connectivity index (χ0) is 17.5. The molecule has 0 atom stereocenters. The first-order chi connectivity index (χ1) is 12.2. The Balaban J connectivity index is 1.68. The maximum atomic E-state index is 12.4. The van der Waals surface area contributed by atoms with Gasteiger partial charge in [-0.05, 0) is 23.8 Å². The molecule has 0 unspecified atom stereocenters. The van der Waals surface area contributed by atoms with Crippen molar-refractivity contribution < 1.29 is 19.4 Å². The van der Waals surface area contributed by atoms with Crippen molar-refractivity contribution in [3.63, 3.8) is 0 Å². The first kappa shape index (κ1) is 16.6. The molecule has 0 saturated carbocycles. The molecule has 3 rings (SSSR count). The van der Waals surface area contributed by atoms with Crippen LogP contribution in [0.15, 0.2) is 78.9 Å². The first-order valence-corrected chi connectivity index (χ1v) is 7.94. The molecular weight excluding hydrogens is 316 g/mol. The Kier molecular flexibility index (Phi) is 5.32. The molecule has 4 nitrogen and oxygen atoms in total. The fourth-order valence-electron chi connectivity index (χ4n) is 2.35. The monoisotopic (exact) mass is 334 g/mol. The summed E-state index contributed by atoms with van der Waals surface area (Å²) in [5.41, 5.74) is 1.92. The van der Waals surface area contributed by atoms with Crippen LogP contribution in [0.25, 0.3) is 0 Å². The van der Waals surface area contributed by atoms with Crippen LogP contribution >= 0.6 is 0 Å². The molecule has 0 heterocycles. The molecule has 25 heavy (non-hydrogen) atoms. The number of hydrogen-bond acceptors (Lipinski definition) is 4. The van der Waals surface area contributed by atoms with Crippen molar-refractivity contribution in [2.24, 2.45) is 0 Å². The van der Waals surface area contributed by atoms with E-state index in [9.17, 15) is 9.90 Å². The molecule has 0 radical (unpaired) electrons. The average molecular weight is 334 g/mol. The largest absolute Gasteiger partial charge is 0.508 e. The van der Waals surface area contributed by atoms with Gasteiger partial charge in [0.1, 0.15) is 30.3 Å². The predicted molar refractivity (Wildman–Crippen MR) is 94.4 cm³/mol. The van der Waals surface area contributed by atoms with E-state index in [2.05, 4.69) is 0 Å². The highest BCUT2D eigenvalue weighted by molar-refractivity contribution is 5.92. The molecule has 0 aliphatic rings. The van der Waals surface area contributed by atoms with Gasteiger partial charge in [0.25, 0.3) is 0 Å². The summed E-state index contributed by atoms with van der Waals surface area (Å²) in [6, 6.07) is 23.3. The van der Waals surface area contributed by atoms with Gasteiger partial charge in [-0.1, -0.05) is 60.7 Å². The van der Waals surface area contributed by atoms with E-state index in [0.29, 0.717) is 16.9 Å². The van der Waals surface area contributed by atoms with Gasteiger partial charge in [-0.25, -0.2) is 4.79 Å². The Morgan fingerprint density at radius 2 is 1.48 bits per heavy atom. The summed E-state index contributed by atoms with van der Waals surface area (Å²) in [5, 5.41) is 9.81. The maximum Gasteiger partial charge on any atom is 0.342 e. The van der Waals surface area contributed by atoms with Crippen molar-refractivity contribution in [3.8, 4) is 11.5 Å². The number of para-hydroxylation sites is 2. The van der Waals surface area contributed by atoms with Gasteiger partial charge in [-0.2, -0.15) is 0 Å². The van der Waals surface area contributed by atoms with Crippen LogP contribution in [0.2, 0.25) is 0 Å². The lowest BCUT2D eigenvalue weighted by molar-refractivity contribution is 0.0467. The summed E-state index contributed by atoms with van der Waals surface area (Å²) in [7, 11) is 0. The summed E-state index contributed by atoms with van der Waals surface area (Å²) in [6.07, 6.45) is 0. The summed E-state index contributed by atoms with van der Waals surface area (Å²) >= 11 is 0. The molecule has 3 aromatic carbocycles. The topological polar surface area (TPSA) is 55.8 Å². The highest BCUT2D eigenvalue weighted by atomic mass is 16.5. The number of carbonyl (C=O) groups is 1. The van der Waals surface area contributed by atoms with E-state index in [0.717, 1.165) is 5.56 Å². The van der Waals surface area contributed by atoms with E-state index >= 15 is 0 Å². The van der Waals surface area contributed by atoms with Gasteiger partial charge >= 0.3 is 5.97 Å². The van der Waals surface area contributed by atoms with Crippen LogP contribution in [0.3, 0.4) is 0 Å². The molecule has 3 aromatic rings. The van der Waals surface area contributed by atoms with E-state index < -0.39 is 5.97 Å². The number of aromatic hydroxyl groups is 1. The van der Waals surface area contributed by atoms with Gasteiger partial charge in [-0.3, -0.25) is 0 Å². The minimum absolute atomic E-state index is 0.159. The van der Waals surface area contributed by atoms with Crippen molar-refractivity contribution in [2.75, 3.05) is 0 Å². The van der Waals surface area contributed by atoms with Gasteiger partial charge in [0.05, 0.1) is 0 Å². The van der Waals surface area contributed by atoms with Crippen LogP contribution < -0.4 is 4.74 Å². The van der Waals surface area contributed by atoms with Crippen molar-refractivity contribution >= 4 is 5.97 Å². The van der Waals surface area contributed by atoms with E-state index in [-0.39, 0.29) is 19.0 Å². The Morgan fingerprint density at radius 1 is 0.800 bits per heavy atom. The summed E-state index contributed by atoms with van der Waals surface area (Å²) < 4.78 is 11.1. The summed E-state index contributed by atoms with van der Waals surface area (Å²) in [4.78, 5) is 12.4. The zero-order valence-electron chi connectivity index (χ0n) is 13.6. The van der Waals surface area contributed by atoms with Crippen molar-refractivity contribution in [1.82, 2.24) is 0 Å². The van der Waals surface area contributed by atoms with Gasteiger partial charge in [0.15, 0.2) is 0 Å². The lowest BCUT2D eigenvalue weighted by Crippen LogP contribution is -2.08. The standard InChI is InChI=1S/C21H18O4/c22-19-12-6-4-10-17(19)15-24-20-13-7-5-11-18(20)21(23)25-14-16-8-2-1-3-9-16/h1-13,22H,14-15H2. The van der Waals surface area contributed by atoms with E-state index in [1.54, 1.807) is 42.5 Å². The molecule has 1 N–H and O–H groups in total. The first-order valence-electron chi connectivity index (χ1n) is 7.94. The number of esters is 1. The fourth-order valence-corrected chi connectivity index (χ4v) is 2.35. The van der Waals surface area contributed by atoms with E-state index in [4.69, 9.17) is 9.47 Å². The lowest BCUT2D eigenvalue weighted by Gasteiger charge is -2.12. The molecule has 0 aromatic heterocycles. The molecule has 0 bridgehead atoms. The normalized spacial score (nSPS) is 10.2. The van der Waals surface area contributed by atoms with Crippen LogP contribution in [0, 0.1) is 0 Å². The smallest absolute Gasteiger partial charge is 0.342 e. The maximum absolute atomic E-state index is 12.4. The van der Waals surface area contributed by atoms with Crippen molar-refractivity contribution in [2.45, 2.75) is 13.2 Å². The number of phenolic OH excluding ortho intramolecular Hbond substituents is 1. The van der Waals surface area contributed by atoms with E-state index in [1.807, 2.05) is 36.4 Å². The van der Waals surface area contributed by atoms with Crippen LogP contribution in [-0.2, 0) is 18.0 Å². The second-order valence-electron chi connectivity index (χ2n) is 5.48. The van der Waals surface area contributed by atoms with Gasteiger partial charge < -0.3 is 14.6 Å². The lowest BCUT2D eigenvalue weighted by atomic mass is 10.2. The summed E-state index contributed by atoms with van der Waals surface area (Å²) in [6.45, 7) is 0.364. The van der Waals surface area contributed by atoms with Crippen molar-refractivity contribution in [3.05, 3.63) is 95.6 Å². The Morgan fingerprint density at radius 3 is 2.28 bits per heavy atom. The molecule has 0 saturated heterocycles. The number of carbonyl (C=O) groups excluding carboxylic acids is 1. The minimum atomic E-state index is -0.447. The highest BCUT2D eigenvalue weighted by Crippen LogP contribution is 2.23. The molecular formula is C21H18O4. The molecule has 126 valence electrons. The number of rotatable bonds is 6. The Hall–Kier alpha value is -3.27. The SMILES string of the molecule is O=C(OCc1ccccc1)c1ccccc1OCc1ccccc1O. The third-order valence-corrected chi connectivity index (χ3v) is 3.69. The molecule has 4 heteroatoms. The molecule has 0 amide bonds. The minimum Gasteiger partial charge on any atom is -0.508 e. The average Bonchev–Trinajstić information content (AvgIpc) is 2.66. The summed E-state index contributed by atoms with van der Waals surface area (Å²) in [5.74, 6) is 0.132. The van der Waals surface area contributed by atoms with Gasteiger partial charge in [0, 0.05) is 5.56 Å². The molecule has 0 aliphatic heterocycles. The third kappa shape index (κ3) is 4.38. The predicted octanol–water partition coefficient (Wildman–Crippen LogP) is 4.33. The number of phenols is 1.